The van der Waals surface area contributed by atoms with Gasteiger partial charge in [0.05, 0.1) is 62.8 Å². The van der Waals surface area contributed by atoms with E-state index in [1.807, 2.05) is 0 Å². The fourth-order valence-electron chi connectivity index (χ4n) is 6.37. The summed E-state index contributed by atoms with van der Waals surface area (Å²) in [6.07, 6.45) is 0. The van der Waals surface area contributed by atoms with E-state index < -0.39 is 89.6 Å². The van der Waals surface area contributed by atoms with Crippen LogP contribution in [0.25, 0.3) is 0 Å². The maximum absolute atomic E-state index is 13.3. The third-order valence-electron chi connectivity index (χ3n) is 9.86. The van der Waals surface area contributed by atoms with Crippen molar-refractivity contribution in [2.24, 2.45) is 20.5 Å². The van der Waals surface area contributed by atoms with Gasteiger partial charge in [-0.1, -0.05) is 33.3 Å². The summed E-state index contributed by atoms with van der Waals surface area (Å²) in [5.41, 5.74) is 10.3. The molecule has 424 valence electrons. The molecular formula is C39H40N12O21S7. The lowest BCUT2D eigenvalue weighted by atomic mass is 10.2. The van der Waals surface area contributed by atoms with Crippen molar-refractivity contribution in [1.82, 2.24) is 15.0 Å². The predicted octanol–water partition coefficient (Wildman–Crippen LogP) is 7.98. The highest BCUT2D eigenvalue weighted by Gasteiger charge is 2.25. The van der Waals surface area contributed by atoms with E-state index in [1.165, 1.54) is 77.7 Å². The minimum absolute atomic E-state index is 0.0545. The number of hydrogen-bond donors (Lipinski definition) is 9. The van der Waals surface area contributed by atoms with Crippen LogP contribution in [0.3, 0.4) is 0 Å². The summed E-state index contributed by atoms with van der Waals surface area (Å²) in [7, 11) is -17.9. The van der Waals surface area contributed by atoms with Gasteiger partial charge in [0.2, 0.25) is 17.8 Å². The van der Waals surface area contributed by atoms with Crippen molar-refractivity contribution >= 4 is 146 Å². The number of rotatable bonds is 30. The second kappa shape index (κ2) is 28.2. The average Bonchev–Trinajstić information content (AvgIpc) is 3.40. The Labute approximate surface area is 460 Å². The van der Waals surface area contributed by atoms with E-state index in [0.29, 0.717) is 12.0 Å². The quantitative estimate of drug-likeness (QED) is 0.00392. The highest BCUT2D eigenvalue weighted by atomic mass is 32.2. The first-order chi connectivity index (χ1) is 37.6. The van der Waals surface area contributed by atoms with Gasteiger partial charge in [-0.05, 0) is 85.8 Å². The molecule has 0 aliphatic heterocycles. The summed E-state index contributed by atoms with van der Waals surface area (Å²) in [6, 6.07) is 20.8. The van der Waals surface area contributed by atoms with E-state index in [0.717, 1.165) is 18.2 Å². The van der Waals surface area contributed by atoms with Gasteiger partial charge in [-0.2, -0.15) is 31.8 Å². The van der Waals surface area contributed by atoms with Crippen LogP contribution >= 0.6 is 36.7 Å². The van der Waals surface area contributed by atoms with Crippen molar-refractivity contribution < 1.29 is 95.0 Å². The fraction of sp³-hybridized carbons (Fsp3) is 0.154. The third kappa shape index (κ3) is 17.3. The lowest BCUT2D eigenvalue weighted by Gasteiger charge is -2.23. The molecule has 33 nitrogen and oxygen atoms in total. The zero-order valence-electron chi connectivity index (χ0n) is 39.6. The van der Waals surface area contributed by atoms with Crippen molar-refractivity contribution in [2.45, 2.75) is 31.4 Å². The molecule has 5 aromatic carbocycles. The van der Waals surface area contributed by atoms with Gasteiger partial charge < -0.3 is 27.0 Å². The topological polar surface area (TPSA) is 479 Å². The first-order valence-corrected chi connectivity index (χ1v) is 29.5. The van der Waals surface area contributed by atoms with E-state index in [-0.39, 0.29) is 99.7 Å². The zero-order chi connectivity index (χ0) is 57.4. The van der Waals surface area contributed by atoms with Crippen molar-refractivity contribution in [2.75, 3.05) is 58.3 Å². The SMILES string of the molecule is CCN(c1cccc(S(=O)(=O)CCOSOOO)c1)c1nc(Nc2ccc(S(=O)(=O)CCOSOOO)cc2)nc(Nc2ccc(SOOO)c(N=Nc3c(N)c(N=Nc4ccccc4S(=O)(=O)O)cc(S(=O)(=O)O)c3N)c2)n1. The summed E-state index contributed by atoms with van der Waals surface area (Å²) in [5.74, 6) is -1.41. The number of nitrogens with two attached hydrogens (primary N) is 2. The number of nitrogens with one attached hydrogen (secondary N) is 2. The second-order valence-electron chi connectivity index (χ2n) is 14.8. The van der Waals surface area contributed by atoms with Crippen molar-refractivity contribution in [3.8, 4) is 0 Å². The maximum Gasteiger partial charge on any atom is 0.296 e. The minimum Gasteiger partial charge on any atom is -0.396 e. The highest BCUT2D eigenvalue weighted by Crippen LogP contribution is 2.44. The molecule has 0 radical (unpaired) electrons. The number of anilines is 8. The molecule has 40 heteroatoms. The maximum atomic E-state index is 13.3. The van der Waals surface area contributed by atoms with Crippen LogP contribution in [0.2, 0.25) is 0 Å². The molecular weight excluding hydrogens is 1200 g/mol. The van der Waals surface area contributed by atoms with Crippen LogP contribution in [-0.2, 0) is 76.4 Å². The van der Waals surface area contributed by atoms with Crippen LogP contribution in [-0.4, -0.2) is 105 Å². The van der Waals surface area contributed by atoms with Gasteiger partial charge in [0, 0.05) is 23.6 Å². The Hall–Kier alpha value is -6.36. The Kier molecular flexibility index (Phi) is 22.1. The lowest BCUT2D eigenvalue weighted by Crippen LogP contribution is -2.21. The van der Waals surface area contributed by atoms with Crippen molar-refractivity contribution in [1.29, 1.82) is 0 Å². The Morgan fingerprint density at radius 1 is 0.582 bits per heavy atom. The Bertz CT molecular complexity index is 3630. The van der Waals surface area contributed by atoms with Crippen LogP contribution in [0.4, 0.5) is 69.0 Å². The number of nitrogens with zero attached hydrogens (tertiary/aromatic N) is 8. The van der Waals surface area contributed by atoms with Crippen LogP contribution in [0.1, 0.15) is 6.92 Å². The standard InChI is InChI=1S/C39H40N12O21S7/c1-2-51(25-6-5-7-27(21-25)77(57,58)19-17-66-75-72-69-54)39-45-37(42-23-10-13-26(14-11-23)76(55,56)18-16-65-74-71-68-53)44-38(46-39)43-24-12-15-31(73-70-67-52)29(20-24)48-50-36-34(40)30(22-33(35(36)41)79(62,63)64)49-47-28-8-3-4-9-32(28)78(59,60)61/h3-15,20-22,52-54H,2,16-19,40-41H2,1H3,(H,59,60,61)(H,62,63,64)(H2,42,43,44,45,46). The van der Waals surface area contributed by atoms with E-state index in [4.69, 9.17) is 35.6 Å². The number of azo groups is 2. The third-order valence-corrected chi connectivity index (χ3v) is 16.4. The molecule has 0 amide bonds. The van der Waals surface area contributed by atoms with Crippen molar-refractivity contribution in [3.63, 3.8) is 0 Å². The van der Waals surface area contributed by atoms with Gasteiger partial charge in [0.15, 0.2) is 44.3 Å². The Balaban J connectivity index is 1.40. The molecule has 6 rings (SSSR count). The number of sulfone groups is 2. The average molecular weight is 1240 g/mol. The van der Waals surface area contributed by atoms with Crippen LogP contribution < -0.4 is 27.0 Å². The van der Waals surface area contributed by atoms with Crippen LogP contribution in [0.15, 0.2) is 142 Å². The number of nitrogen functional groups attached to an aromatic ring is 2. The molecule has 0 aliphatic rings. The monoisotopic (exact) mass is 1240 g/mol. The van der Waals surface area contributed by atoms with Gasteiger partial charge in [0.25, 0.3) is 20.2 Å². The molecule has 11 N–H and O–H groups in total. The summed E-state index contributed by atoms with van der Waals surface area (Å²) in [4.78, 5) is 13.4. The summed E-state index contributed by atoms with van der Waals surface area (Å²) in [5, 5.41) is 57.9. The van der Waals surface area contributed by atoms with Gasteiger partial charge in [0.1, 0.15) is 32.5 Å². The smallest absolute Gasteiger partial charge is 0.296 e. The van der Waals surface area contributed by atoms with E-state index >= 15 is 0 Å². The van der Waals surface area contributed by atoms with Crippen LogP contribution in [0.5, 0.6) is 0 Å². The first kappa shape index (κ1) is 61.8. The molecule has 0 saturated heterocycles. The predicted molar refractivity (Wildman–Crippen MR) is 280 cm³/mol. The first-order valence-electron chi connectivity index (χ1n) is 21.2. The number of benzene rings is 5. The van der Waals surface area contributed by atoms with E-state index in [9.17, 15) is 42.8 Å². The molecule has 79 heavy (non-hydrogen) atoms. The van der Waals surface area contributed by atoms with Gasteiger partial charge in [-0.25, -0.2) is 32.6 Å². The Morgan fingerprint density at radius 3 is 1.76 bits per heavy atom. The fourth-order valence-corrected chi connectivity index (χ4v) is 10.9. The van der Waals surface area contributed by atoms with Gasteiger partial charge in [-0.15, -0.1) is 33.5 Å². The summed E-state index contributed by atoms with van der Waals surface area (Å²) >= 11 is 0.821. The van der Waals surface area contributed by atoms with Gasteiger partial charge in [-0.3, -0.25) is 17.5 Å². The molecule has 0 unspecified atom stereocenters. The second-order valence-corrected chi connectivity index (χ2v) is 23.6. The molecule has 1 heterocycles. The molecule has 1 aromatic heterocycles. The largest absolute Gasteiger partial charge is 0.396 e. The van der Waals surface area contributed by atoms with E-state index in [1.54, 1.807) is 13.0 Å². The zero-order valence-corrected chi connectivity index (χ0v) is 45.3. The number of hydrogen-bond acceptors (Lipinski definition) is 34. The highest BCUT2D eigenvalue weighted by molar-refractivity contribution is 7.94. The van der Waals surface area contributed by atoms with Crippen LogP contribution in [0, 0.1) is 0 Å². The normalized spacial score (nSPS) is 12.4. The molecule has 0 spiro atoms. The van der Waals surface area contributed by atoms with Gasteiger partial charge >= 0.3 is 0 Å². The molecule has 0 bridgehead atoms. The molecule has 0 atom stereocenters. The summed E-state index contributed by atoms with van der Waals surface area (Å²) < 4.78 is 144. The van der Waals surface area contributed by atoms with E-state index in [2.05, 4.69) is 74.2 Å². The molecule has 0 fully saturated rings. The molecule has 0 aliphatic carbocycles. The number of aromatic nitrogens is 3. The minimum atomic E-state index is -5.15. The Morgan fingerprint density at radius 2 is 1.15 bits per heavy atom. The lowest BCUT2D eigenvalue weighted by molar-refractivity contribution is -0.434. The molecule has 0 saturated carbocycles. The van der Waals surface area contributed by atoms with Crippen molar-refractivity contribution in [3.05, 3.63) is 97.1 Å². The molecule has 6 aromatic rings. The summed E-state index contributed by atoms with van der Waals surface area (Å²) in [6.45, 7) is 1.12.